The SMILES string of the molecule is CCc1cccc(NC(=S)N(Cc2ccncc2)c2ccc3c(c2)OCO3)c1. The molecule has 0 amide bonds. The number of nitrogens with one attached hydrogen (secondary N) is 1. The van der Waals surface area contributed by atoms with Gasteiger partial charge >= 0.3 is 0 Å². The molecule has 0 fully saturated rings. The maximum Gasteiger partial charge on any atom is 0.231 e. The van der Waals surface area contributed by atoms with Crippen molar-refractivity contribution in [1.82, 2.24) is 4.98 Å². The van der Waals surface area contributed by atoms with Crippen LogP contribution >= 0.6 is 12.2 Å². The van der Waals surface area contributed by atoms with Gasteiger partial charge in [-0.3, -0.25) is 4.98 Å². The largest absolute Gasteiger partial charge is 0.454 e. The van der Waals surface area contributed by atoms with Crippen LogP contribution in [0.4, 0.5) is 11.4 Å². The molecule has 2 aromatic carbocycles. The summed E-state index contributed by atoms with van der Waals surface area (Å²) in [5.74, 6) is 1.48. The quantitative estimate of drug-likeness (QED) is 0.632. The Balaban J connectivity index is 1.63. The van der Waals surface area contributed by atoms with E-state index in [1.54, 1.807) is 12.4 Å². The molecule has 1 N–H and O–H groups in total. The van der Waals surface area contributed by atoms with E-state index < -0.39 is 0 Å². The summed E-state index contributed by atoms with van der Waals surface area (Å²) in [5.41, 5.74) is 4.28. The first-order valence-corrected chi connectivity index (χ1v) is 9.60. The first-order chi connectivity index (χ1) is 13.7. The van der Waals surface area contributed by atoms with Crippen molar-refractivity contribution in [1.29, 1.82) is 0 Å². The van der Waals surface area contributed by atoms with Gasteiger partial charge in [0.05, 0.1) is 6.54 Å². The molecular formula is C22H21N3O2S. The normalized spacial score (nSPS) is 11.9. The minimum absolute atomic E-state index is 0.246. The molecule has 3 aromatic rings. The number of fused-ring (bicyclic) bond motifs is 1. The molecule has 0 saturated carbocycles. The van der Waals surface area contributed by atoms with Crippen LogP contribution in [0.3, 0.4) is 0 Å². The van der Waals surface area contributed by atoms with Crippen LogP contribution in [0, 0.1) is 0 Å². The van der Waals surface area contributed by atoms with Gasteiger partial charge in [0.1, 0.15) is 0 Å². The average molecular weight is 391 g/mol. The molecule has 0 bridgehead atoms. The topological polar surface area (TPSA) is 46.6 Å². The van der Waals surface area contributed by atoms with E-state index >= 15 is 0 Å². The van der Waals surface area contributed by atoms with Gasteiger partial charge in [-0.1, -0.05) is 19.1 Å². The summed E-state index contributed by atoms with van der Waals surface area (Å²) in [6.07, 6.45) is 4.55. The molecule has 1 aliphatic heterocycles. The van der Waals surface area contributed by atoms with Crippen molar-refractivity contribution in [2.24, 2.45) is 0 Å². The van der Waals surface area contributed by atoms with Crippen LogP contribution in [-0.4, -0.2) is 16.9 Å². The third-order valence-corrected chi connectivity index (χ3v) is 4.91. The lowest BCUT2D eigenvalue weighted by atomic mass is 10.1. The second-order valence-corrected chi connectivity index (χ2v) is 6.85. The zero-order valence-electron chi connectivity index (χ0n) is 15.6. The number of pyridine rings is 1. The molecular weight excluding hydrogens is 370 g/mol. The highest BCUT2D eigenvalue weighted by Gasteiger charge is 2.19. The first kappa shape index (κ1) is 18.3. The minimum Gasteiger partial charge on any atom is -0.454 e. The zero-order chi connectivity index (χ0) is 19.3. The van der Waals surface area contributed by atoms with Crippen LogP contribution in [0.15, 0.2) is 67.0 Å². The van der Waals surface area contributed by atoms with Crippen molar-refractivity contribution >= 4 is 28.7 Å². The lowest BCUT2D eigenvalue weighted by molar-refractivity contribution is 0.174. The number of anilines is 2. The first-order valence-electron chi connectivity index (χ1n) is 9.19. The number of hydrogen-bond acceptors (Lipinski definition) is 4. The summed E-state index contributed by atoms with van der Waals surface area (Å²) in [6, 6.07) is 18.1. The maximum absolute atomic E-state index is 5.77. The molecule has 0 unspecified atom stereocenters. The number of aryl methyl sites for hydroxylation is 1. The fraction of sp³-hybridized carbons (Fsp3) is 0.182. The van der Waals surface area contributed by atoms with E-state index in [4.69, 9.17) is 21.7 Å². The fourth-order valence-corrected chi connectivity index (χ4v) is 3.35. The number of nitrogens with zero attached hydrogens (tertiary/aromatic N) is 2. The van der Waals surface area contributed by atoms with Crippen LogP contribution in [0.1, 0.15) is 18.1 Å². The third-order valence-electron chi connectivity index (χ3n) is 4.59. The van der Waals surface area contributed by atoms with Crippen LogP contribution in [0.2, 0.25) is 0 Å². The molecule has 0 aliphatic carbocycles. The highest BCUT2D eigenvalue weighted by molar-refractivity contribution is 7.80. The van der Waals surface area contributed by atoms with Gasteiger partial charge in [-0.25, -0.2) is 0 Å². The Bertz CT molecular complexity index is 979. The highest BCUT2D eigenvalue weighted by atomic mass is 32.1. The molecule has 0 spiro atoms. The third kappa shape index (κ3) is 4.07. The molecule has 6 heteroatoms. The lowest BCUT2D eigenvalue weighted by Crippen LogP contribution is -2.34. The van der Waals surface area contributed by atoms with Crippen molar-refractivity contribution < 1.29 is 9.47 Å². The molecule has 1 aliphatic rings. The number of ether oxygens (including phenoxy) is 2. The van der Waals surface area contributed by atoms with Crippen molar-refractivity contribution in [3.63, 3.8) is 0 Å². The predicted molar refractivity (Wildman–Crippen MR) is 115 cm³/mol. The Morgan fingerprint density at radius 3 is 2.68 bits per heavy atom. The predicted octanol–water partition coefficient (Wildman–Crippen LogP) is 4.78. The Morgan fingerprint density at radius 2 is 1.86 bits per heavy atom. The summed E-state index contributed by atoms with van der Waals surface area (Å²) in [6.45, 7) is 3.00. The Morgan fingerprint density at radius 1 is 1.04 bits per heavy atom. The second-order valence-electron chi connectivity index (χ2n) is 6.46. The number of benzene rings is 2. The smallest absolute Gasteiger partial charge is 0.231 e. The molecule has 142 valence electrons. The van der Waals surface area contributed by atoms with Gasteiger partial charge in [0, 0.05) is 29.8 Å². The number of aromatic nitrogens is 1. The van der Waals surface area contributed by atoms with Gasteiger partial charge in [0.15, 0.2) is 16.6 Å². The summed E-state index contributed by atoms with van der Waals surface area (Å²) in [7, 11) is 0. The lowest BCUT2D eigenvalue weighted by Gasteiger charge is -2.26. The van der Waals surface area contributed by atoms with E-state index in [0.717, 1.165) is 34.9 Å². The van der Waals surface area contributed by atoms with Gasteiger partial charge in [0.2, 0.25) is 6.79 Å². The Hall–Kier alpha value is -3.12. The van der Waals surface area contributed by atoms with E-state index in [9.17, 15) is 0 Å². The van der Waals surface area contributed by atoms with Crippen molar-refractivity contribution in [2.45, 2.75) is 19.9 Å². The van der Waals surface area contributed by atoms with Crippen LogP contribution in [-0.2, 0) is 13.0 Å². The highest BCUT2D eigenvalue weighted by Crippen LogP contribution is 2.36. The van der Waals surface area contributed by atoms with Gasteiger partial charge in [-0.15, -0.1) is 0 Å². The number of hydrogen-bond donors (Lipinski definition) is 1. The monoisotopic (exact) mass is 391 g/mol. The molecule has 0 atom stereocenters. The summed E-state index contributed by atoms with van der Waals surface area (Å²) < 4.78 is 11.0. The molecule has 5 nitrogen and oxygen atoms in total. The van der Waals surface area contributed by atoms with E-state index in [2.05, 4.69) is 29.4 Å². The Labute approximate surface area is 169 Å². The second kappa shape index (κ2) is 8.27. The van der Waals surface area contributed by atoms with E-state index in [1.807, 2.05) is 47.4 Å². The number of rotatable bonds is 5. The van der Waals surface area contributed by atoms with E-state index in [1.165, 1.54) is 5.56 Å². The standard InChI is InChI=1S/C22H21N3O2S/c1-2-16-4-3-5-18(12-16)24-22(28)25(14-17-8-10-23-11-9-17)19-6-7-20-21(13-19)27-15-26-20/h3-13H,2,14-15H2,1H3,(H,24,28). The summed E-state index contributed by atoms with van der Waals surface area (Å²) in [4.78, 5) is 6.15. The molecule has 0 saturated heterocycles. The van der Waals surface area contributed by atoms with E-state index in [0.29, 0.717) is 11.7 Å². The van der Waals surface area contributed by atoms with Crippen LogP contribution < -0.4 is 19.7 Å². The zero-order valence-corrected chi connectivity index (χ0v) is 16.4. The summed E-state index contributed by atoms with van der Waals surface area (Å²) >= 11 is 5.77. The molecule has 2 heterocycles. The Kier molecular flexibility index (Phi) is 5.39. The molecule has 0 radical (unpaired) electrons. The van der Waals surface area contributed by atoms with Gasteiger partial charge in [-0.2, -0.15) is 0 Å². The number of thiocarbonyl (C=S) groups is 1. The molecule has 4 rings (SSSR count). The van der Waals surface area contributed by atoms with Crippen molar-refractivity contribution in [3.8, 4) is 11.5 Å². The molecule has 28 heavy (non-hydrogen) atoms. The van der Waals surface area contributed by atoms with Crippen LogP contribution in [0.25, 0.3) is 0 Å². The van der Waals surface area contributed by atoms with Crippen molar-refractivity contribution in [2.75, 3.05) is 17.0 Å². The fourth-order valence-electron chi connectivity index (χ4n) is 3.06. The maximum atomic E-state index is 5.77. The summed E-state index contributed by atoms with van der Waals surface area (Å²) in [5, 5.41) is 3.99. The van der Waals surface area contributed by atoms with Gasteiger partial charge in [0.25, 0.3) is 0 Å². The molecule has 1 aromatic heterocycles. The van der Waals surface area contributed by atoms with Gasteiger partial charge < -0.3 is 19.7 Å². The minimum atomic E-state index is 0.246. The van der Waals surface area contributed by atoms with Crippen molar-refractivity contribution in [3.05, 3.63) is 78.1 Å². The van der Waals surface area contributed by atoms with Crippen LogP contribution in [0.5, 0.6) is 11.5 Å². The average Bonchev–Trinajstić information content (AvgIpc) is 3.20. The van der Waals surface area contributed by atoms with E-state index in [-0.39, 0.29) is 6.79 Å². The van der Waals surface area contributed by atoms with Gasteiger partial charge in [-0.05, 0) is 66.2 Å².